The third-order valence-electron chi connectivity index (χ3n) is 3.78. The van der Waals surface area contributed by atoms with Gasteiger partial charge in [-0.05, 0) is 39.7 Å². The standard InChI is InChI=1S/C17H23N3O3/c1-12(2)23-17-7-6-16(20(21)22)8-14(17)11-19(15-4-5-15)10-13(3)9-18/h6-8,12-13,15H,4-5,10-11H2,1-3H3. The molecule has 6 heteroatoms. The third kappa shape index (κ3) is 4.93. The van der Waals surface area contributed by atoms with Crippen LogP contribution in [0.4, 0.5) is 5.69 Å². The Morgan fingerprint density at radius 3 is 2.65 bits per heavy atom. The molecule has 1 aliphatic carbocycles. The summed E-state index contributed by atoms with van der Waals surface area (Å²) in [7, 11) is 0. The van der Waals surface area contributed by atoms with Crippen molar-refractivity contribution in [2.24, 2.45) is 5.92 Å². The molecule has 0 amide bonds. The molecular weight excluding hydrogens is 294 g/mol. The van der Waals surface area contributed by atoms with E-state index in [1.54, 1.807) is 12.1 Å². The number of nitro benzene ring substituents is 1. The lowest BCUT2D eigenvalue weighted by molar-refractivity contribution is -0.385. The zero-order valence-corrected chi connectivity index (χ0v) is 13.9. The van der Waals surface area contributed by atoms with Gasteiger partial charge in [0.2, 0.25) is 0 Å². The maximum Gasteiger partial charge on any atom is 0.270 e. The van der Waals surface area contributed by atoms with Gasteiger partial charge >= 0.3 is 0 Å². The third-order valence-corrected chi connectivity index (χ3v) is 3.78. The predicted octanol–water partition coefficient (Wildman–Crippen LogP) is 3.51. The molecule has 1 saturated carbocycles. The van der Waals surface area contributed by atoms with Gasteiger partial charge in [-0.2, -0.15) is 5.26 Å². The Balaban J connectivity index is 2.24. The molecule has 0 aromatic heterocycles. The zero-order valence-electron chi connectivity index (χ0n) is 13.9. The number of benzene rings is 1. The van der Waals surface area contributed by atoms with E-state index in [0.29, 0.717) is 24.9 Å². The highest BCUT2D eigenvalue weighted by molar-refractivity contribution is 5.44. The Morgan fingerprint density at radius 2 is 2.13 bits per heavy atom. The molecule has 1 aliphatic rings. The minimum absolute atomic E-state index is 0.00242. The molecule has 124 valence electrons. The second kappa shape index (κ2) is 7.42. The number of hydrogen-bond donors (Lipinski definition) is 0. The van der Waals surface area contributed by atoms with Crippen LogP contribution >= 0.6 is 0 Å². The SMILES string of the molecule is CC(C#N)CN(Cc1cc([N+](=O)[O-])ccc1OC(C)C)C1CC1. The van der Waals surface area contributed by atoms with Gasteiger partial charge in [0.05, 0.1) is 23.0 Å². The number of ether oxygens (including phenoxy) is 1. The highest BCUT2D eigenvalue weighted by Gasteiger charge is 2.30. The van der Waals surface area contributed by atoms with E-state index >= 15 is 0 Å². The Labute approximate surface area is 136 Å². The van der Waals surface area contributed by atoms with E-state index in [-0.39, 0.29) is 22.6 Å². The van der Waals surface area contributed by atoms with E-state index in [0.717, 1.165) is 18.4 Å². The minimum atomic E-state index is -0.387. The normalized spacial score (nSPS) is 15.5. The molecule has 1 atom stereocenters. The molecule has 0 N–H and O–H groups in total. The Kier molecular flexibility index (Phi) is 5.56. The van der Waals surface area contributed by atoms with Crippen LogP contribution in [0.3, 0.4) is 0 Å². The topological polar surface area (TPSA) is 79.4 Å². The predicted molar refractivity (Wildman–Crippen MR) is 87.1 cm³/mol. The summed E-state index contributed by atoms with van der Waals surface area (Å²) >= 11 is 0. The molecular formula is C17H23N3O3. The van der Waals surface area contributed by atoms with Crippen LogP contribution < -0.4 is 4.74 Å². The maximum atomic E-state index is 11.1. The Morgan fingerprint density at radius 1 is 1.43 bits per heavy atom. The maximum absolute atomic E-state index is 11.1. The first-order chi connectivity index (χ1) is 10.9. The summed E-state index contributed by atoms with van der Waals surface area (Å²) in [6, 6.07) is 7.46. The fourth-order valence-electron chi connectivity index (χ4n) is 2.57. The second-order valence-electron chi connectivity index (χ2n) is 6.41. The van der Waals surface area contributed by atoms with Crippen molar-refractivity contribution in [2.75, 3.05) is 6.54 Å². The van der Waals surface area contributed by atoms with Gasteiger partial charge in [0.1, 0.15) is 5.75 Å². The molecule has 0 aliphatic heterocycles. The number of rotatable bonds is 8. The lowest BCUT2D eigenvalue weighted by Gasteiger charge is -2.24. The summed E-state index contributed by atoms with van der Waals surface area (Å²) in [6.07, 6.45) is 2.24. The van der Waals surface area contributed by atoms with Crippen molar-refractivity contribution in [1.82, 2.24) is 4.90 Å². The van der Waals surface area contributed by atoms with Crippen LogP contribution in [0.1, 0.15) is 39.2 Å². The molecule has 0 heterocycles. The number of nitrogens with zero attached hydrogens (tertiary/aromatic N) is 3. The summed E-state index contributed by atoms with van der Waals surface area (Å²) in [5.41, 5.74) is 0.880. The van der Waals surface area contributed by atoms with Gasteiger partial charge in [0.25, 0.3) is 5.69 Å². The summed E-state index contributed by atoms with van der Waals surface area (Å²) in [5, 5.41) is 20.1. The molecule has 0 saturated heterocycles. The fourth-order valence-corrected chi connectivity index (χ4v) is 2.57. The van der Waals surface area contributed by atoms with Gasteiger partial charge in [-0.15, -0.1) is 0 Å². The van der Waals surface area contributed by atoms with Crippen molar-refractivity contribution in [3.63, 3.8) is 0 Å². The van der Waals surface area contributed by atoms with Gasteiger partial charge in [0, 0.05) is 36.8 Å². The summed E-state index contributed by atoms with van der Waals surface area (Å²) in [6.45, 7) is 7.00. The quantitative estimate of drug-likeness (QED) is 0.541. The zero-order chi connectivity index (χ0) is 17.0. The Bertz CT molecular complexity index is 606. The summed E-state index contributed by atoms with van der Waals surface area (Å²) in [5.74, 6) is 0.615. The Hall–Kier alpha value is -2.13. The van der Waals surface area contributed by atoms with E-state index in [1.807, 2.05) is 20.8 Å². The van der Waals surface area contributed by atoms with Crippen molar-refractivity contribution in [2.45, 2.75) is 52.3 Å². The van der Waals surface area contributed by atoms with Gasteiger partial charge in [-0.25, -0.2) is 0 Å². The lowest BCUT2D eigenvalue weighted by Crippen LogP contribution is -2.30. The first-order valence-corrected chi connectivity index (χ1v) is 7.98. The monoisotopic (exact) mass is 317 g/mol. The molecule has 1 fully saturated rings. The smallest absolute Gasteiger partial charge is 0.270 e. The van der Waals surface area contributed by atoms with E-state index in [2.05, 4.69) is 11.0 Å². The number of non-ortho nitro benzene ring substituents is 1. The number of hydrogen-bond acceptors (Lipinski definition) is 5. The highest BCUT2D eigenvalue weighted by atomic mass is 16.6. The van der Waals surface area contributed by atoms with Gasteiger partial charge in [-0.3, -0.25) is 15.0 Å². The first kappa shape index (κ1) is 17.2. The van der Waals surface area contributed by atoms with Gasteiger partial charge in [-0.1, -0.05) is 0 Å². The largest absolute Gasteiger partial charge is 0.491 e. The van der Waals surface area contributed by atoms with Crippen LogP contribution in [0.25, 0.3) is 0 Å². The van der Waals surface area contributed by atoms with Crippen LogP contribution in [0.15, 0.2) is 18.2 Å². The van der Waals surface area contributed by atoms with Crippen molar-refractivity contribution < 1.29 is 9.66 Å². The summed E-state index contributed by atoms with van der Waals surface area (Å²) in [4.78, 5) is 12.9. The second-order valence-corrected chi connectivity index (χ2v) is 6.41. The molecule has 6 nitrogen and oxygen atoms in total. The highest BCUT2D eigenvalue weighted by Crippen LogP contribution is 2.32. The van der Waals surface area contributed by atoms with Crippen LogP contribution in [-0.2, 0) is 6.54 Å². The minimum Gasteiger partial charge on any atom is -0.491 e. The molecule has 1 unspecified atom stereocenters. The average molecular weight is 317 g/mol. The van der Waals surface area contributed by atoms with Crippen LogP contribution in [0, 0.1) is 27.4 Å². The fraction of sp³-hybridized carbons (Fsp3) is 0.588. The molecule has 23 heavy (non-hydrogen) atoms. The van der Waals surface area contributed by atoms with Crippen LogP contribution in [0.2, 0.25) is 0 Å². The van der Waals surface area contributed by atoms with Crippen LogP contribution in [-0.4, -0.2) is 28.5 Å². The van der Waals surface area contributed by atoms with E-state index in [4.69, 9.17) is 10.00 Å². The molecule has 0 bridgehead atoms. The van der Waals surface area contributed by atoms with Crippen LogP contribution in [0.5, 0.6) is 5.75 Å². The average Bonchev–Trinajstić information content (AvgIpc) is 3.31. The van der Waals surface area contributed by atoms with Crippen molar-refractivity contribution in [3.05, 3.63) is 33.9 Å². The van der Waals surface area contributed by atoms with Gasteiger partial charge in [0.15, 0.2) is 0 Å². The van der Waals surface area contributed by atoms with E-state index < -0.39 is 0 Å². The molecule has 2 rings (SSSR count). The number of nitriles is 1. The van der Waals surface area contributed by atoms with E-state index in [9.17, 15) is 10.1 Å². The first-order valence-electron chi connectivity index (χ1n) is 7.98. The number of nitro groups is 1. The van der Waals surface area contributed by atoms with Crippen molar-refractivity contribution in [3.8, 4) is 11.8 Å². The summed E-state index contributed by atoms with van der Waals surface area (Å²) < 4.78 is 5.80. The molecule has 0 radical (unpaired) electrons. The lowest BCUT2D eigenvalue weighted by atomic mass is 10.1. The molecule has 0 spiro atoms. The van der Waals surface area contributed by atoms with E-state index in [1.165, 1.54) is 6.07 Å². The van der Waals surface area contributed by atoms with Crippen molar-refractivity contribution in [1.29, 1.82) is 5.26 Å². The van der Waals surface area contributed by atoms with Crippen molar-refractivity contribution >= 4 is 5.69 Å². The van der Waals surface area contributed by atoms with Gasteiger partial charge < -0.3 is 4.74 Å². The molecule has 1 aromatic rings. The molecule has 1 aromatic carbocycles.